The van der Waals surface area contributed by atoms with Gasteiger partial charge in [0.15, 0.2) is 12.2 Å². The van der Waals surface area contributed by atoms with E-state index in [0.29, 0.717) is 25.7 Å². The third-order valence-corrected chi connectivity index (χ3v) is 20.6. The molecular formula is C79H154O17P2. The van der Waals surface area contributed by atoms with Crippen LogP contribution in [0.15, 0.2) is 0 Å². The van der Waals surface area contributed by atoms with E-state index in [1.54, 1.807) is 0 Å². The maximum Gasteiger partial charge on any atom is 0.472 e. The van der Waals surface area contributed by atoms with Crippen LogP contribution >= 0.6 is 15.6 Å². The first-order chi connectivity index (χ1) is 47.1. The van der Waals surface area contributed by atoms with Crippen LogP contribution in [0, 0.1) is 23.7 Å². The highest BCUT2D eigenvalue weighted by molar-refractivity contribution is 7.47. The zero-order chi connectivity index (χ0) is 72.4. The van der Waals surface area contributed by atoms with Crippen LogP contribution in [0.3, 0.4) is 0 Å². The van der Waals surface area contributed by atoms with Gasteiger partial charge >= 0.3 is 39.5 Å². The Labute approximate surface area is 600 Å². The van der Waals surface area contributed by atoms with Crippen molar-refractivity contribution in [2.75, 3.05) is 39.6 Å². The summed E-state index contributed by atoms with van der Waals surface area (Å²) in [4.78, 5) is 73.0. The Morgan fingerprint density at radius 3 is 0.724 bits per heavy atom. The smallest absolute Gasteiger partial charge is 0.462 e. The Balaban J connectivity index is 5.28. The number of aliphatic hydroxyl groups excluding tert-OH is 1. The largest absolute Gasteiger partial charge is 0.472 e. The van der Waals surface area contributed by atoms with Gasteiger partial charge in [0.2, 0.25) is 0 Å². The van der Waals surface area contributed by atoms with E-state index in [9.17, 15) is 43.2 Å². The number of rotatable bonds is 76. The molecular weight excluding hydrogens is 1280 g/mol. The van der Waals surface area contributed by atoms with Gasteiger partial charge in [-0.15, -0.1) is 0 Å². The summed E-state index contributed by atoms with van der Waals surface area (Å²) < 4.78 is 68.7. The molecule has 0 aromatic rings. The van der Waals surface area contributed by atoms with Crippen LogP contribution in [0.2, 0.25) is 0 Å². The quantitative estimate of drug-likeness (QED) is 0.0222. The van der Waals surface area contributed by atoms with Gasteiger partial charge in [0.1, 0.15) is 19.3 Å². The Hall–Kier alpha value is -1.94. The lowest BCUT2D eigenvalue weighted by Crippen LogP contribution is -2.30. The number of hydrogen-bond acceptors (Lipinski definition) is 15. The number of hydrogen-bond donors (Lipinski definition) is 3. The van der Waals surface area contributed by atoms with Gasteiger partial charge in [0.25, 0.3) is 0 Å². The molecule has 0 aliphatic heterocycles. The monoisotopic (exact) mass is 1440 g/mol. The number of carbonyl (C=O) groups excluding carboxylic acids is 4. The van der Waals surface area contributed by atoms with Crippen LogP contribution in [0.25, 0.3) is 0 Å². The Morgan fingerprint density at radius 2 is 0.490 bits per heavy atom. The number of phosphoric ester groups is 2. The van der Waals surface area contributed by atoms with Gasteiger partial charge in [-0.05, 0) is 49.4 Å². The van der Waals surface area contributed by atoms with E-state index >= 15 is 0 Å². The summed E-state index contributed by atoms with van der Waals surface area (Å²) in [6, 6.07) is 0. The van der Waals surface area contributed by atoms with Crippen LogP contribution in [0.4, 0.5) is 0 Å². The van der Waals surface area contributed by atoms with Crippen molar-refractivity contribution in [2.24, 2.45) is 23.7 Å². The molecule has 17 nitrogen and oxygen atoms in total. The Morgan fingerprint density at radius 1 is 0.286 bits per heavy atom. The van der Waals surface area contributed by atoms with Crippen molar-refractivity contribution in [3.8, 4) is 0 Å². The molecule has 0 rings (SSSR count). The molecule has 0 saturated carbocycles. The zero-order valence-electron chi connectivity index (χ0n) is 64.4. The van der Waals surface area contributed by atoms with Crippen LogP contribution in [-0.4, -0.2) is 96.7 Å². The van der Waals surface area contributed by atoms with Crippen molar-refractivity contribution in [3.63, 3.8) is 0 Å². The van der Waals surface area contributed by atoms with Crippen molar-refractivity contribution in [2.45, 2.75) is 420 Å². The highest BCUT2D eigenvalue weighted by Gasteiger charge is 2.30. The molecule has 3 N–H and O–H groups in total. The number of unbranched alkanes of at least 4 members (excludes halogenated alkanes) is 41. The van der Waals surface area contributed by atoms with Crippen molar-refractivity contribution >= 4 is 39.5 Å². The molecule has 6 atom stereocenters. The summed E-state index contributed by atoms with van der Waals surface area (Å²) in [5.74, 6) is 1.01. The van der Waals surface area contributed by atoms with Gasteiger partial charge in [0.05, 0.1) is 26.4 Å². The van der Waals surface area contributed by atoms with Gasteiger partial charge in [0, 0.05) is 25.7 Å². The normalized spacial score (nSPS) is 14.3. The average molecular weight is 1440 g/mol. The molecule has 0 radical (unpaired) electrons. The standard InChI is InChI=1S/C79H154O17P2/c1-9-72(8)58-50-42-34-26-20-22-30-38-46-54-62-79(84)96-75(66-90-77(82)60-52-44-36-28-21-19-25-33-41-49-57-71(6)7)68-94-98(87,88)92-64-73(80)63-91-97(85,86)93-67-74(65-89-76(81)59-51-43-35-27-17-14-13-16-24-32-40-48-56-70(4)5)95-78(83)61-53-45-37-29-18-12-10-11-15-23-31-39-47-55-69(2)3/h69-75,80H,9-68H2,1-8H3,(H,85,86)(H,87,88)/t72?,73-,74-,75-/m1/s1. The highest BCUT2D eigenvalue weighted by Crippen LogP contribution is 2.45. The Kier molecular flexibility index (Phi) is 66.8. The molecule has 582 valence electrons. The molecule has 0 amide bonds. The molecule has 0 saturated heterocycles. The lowest BCUT2D eigenvalue weighted by Gasteiger charge is -2.21. The van der Waals surface area contributed by atoms with E-state index in [4.69, 9.17) is 37.0 Å². The molecule has 0 aromatic carbocycles. The molecule has 0 fully saturated rings. The minimum Gasteiger partial charge on any atom is -0.462 e. The fourth-order valence-electron chi connectivity index (χ4n) is 12.0. The minimum atomic E-state index is -4.96. The number of aliphatic hydroxyl groups is 1. The van der Waals surface area contributed by atoms with Crippen LogP contribution in [-0.2, 0) is 65.4 Å². The molecule has 0 aliphatic carbocycles. The summed E-state index contributed by atoms with van der Waals surface area (Å²) in [5.41, 5.74) is 0. The summed E-state index contributed by atoms with van der Waals surface area (Å²) in [7, 11) is -9.92. The predicted octanol–water partition coefficient (Wildman–Crippen LogP) is 23.2. The van der Waals surface area contributed by atoms with E-state index in [-0.39, 0.29) is 25.7 Å². The number of ether oxygens (including phenoxy) is 4. The van der Waals surface area contributed by atoms with E-state index < -0.39 is 97.5 Å². The second-order valence-corrected chi connectivity index (χ2v) is 33.0. The third kappa shape index (κ3) is 71.1. The molecule has 0 spiro atoms. The molecule has 98 heavy (non-hydrogen) atoms. The van der Waals surface area contributed by atoms with E-state index in [1.165, 1.54) is 205 Å². The van der Waals surface area contributed by atoms with Crippen LogP contribution in [0.1, 0.15) is 402 Å². The molecule has 0 aliphatic rings. The molecule has 19 heteroatoms. The highest BCUT2D eigenvalue weighted by atomic mass is 31.2. The lowest BCUT2D eigenvalue weighted by molar-refractivity contribution is -0.161. The lowest BCUT2D eigenvalue weighted by atomic mass is 9.99. The first-order valence-electron chi connectivity index (χ1n) is 40.7. The maximum atomic E-state index is 13.1. The molecule has 0 heterocycles. The van der Waals surface area contributed by atoms with E-state index in [0.717, 1.165) is 114 Å². The fourth-order valence-corrected chi connectivity index (χ4v) is 13.6. The van der Waals surface area contributed by atoms with Gasteiger partial charge in [-0.2, -0.15) is 0 Å². The summed E-state index contributed by atoms with van der Waals surface area (Å²) in [6.07, 6.45) is 53.9. The van der Waals surface area contributed by atoms with Crippen molar-refractivity contribution in [3.05, 3.63) is 0 Å². The molecule has 3 unspecified atom stereocenters. The van der Waals surface area contributed by atoms with E-state index in [2.05, 4.69) is 55.4 Å². The second-order valence-electron chi connectivity index (χ2n) is 30.1. The molecule has 0 aromatic heterocycles. The number of esters is 4. The van der Waals surface area contributed by atoms with Crippen molar-refractivity contribution in [1.82, 2.24) is 0 Å². The number of carbonyl (C=O) groups is 4. The topological polar surface area (TPSA) is 237 Å². The Bertz CT molecular complexity index is 1920. The van der Waals surface area contributed by atoms with Crippen LogP contribution in [0.5, 0.6) is 0 Å². The van der Waals surface area contributed by atoms with E-state index in [1.807, 2.05) is 0 Å². The average Bonchev–Trinajstić information content (AvgIpc) is 0.952. The first-order valence-corrected chi connectivity index (χ1v) is 43.7. The third-order valence-electron chi connectivity index (χ3n) is 18.7. The second kappa shape index (κ2) is 68.2. The SMILES string of the molecule is CCC(C)CCCCCCCCCCCCC(=O)O[C@H](COC(=O)CCCCCCCCCCCCC(C)C)COP(=O)(O)OC[C@H](O)COP(=O)(O)OC[C@@H](COC(=O)CCCCCCCCCCCCCCC(C)C)OC(=O)CCCCCCCCCCCCCCCC(C)C. The van der Waals surface area contributed by atoms with Crippen molar-refractivity contribution in [1.29, 1.82) is 0 Å². The molecule has 0 bridgehead atoms. The van der Waals surface area contributed by atoms with Crippen LogP contribution < -0.4 is 0 Å². The summed E-state index contributed by atoms with van der Waals surface area (Å²) in [5, 5.41) is 10.6. The van der Waals surface area contributed by atoms with Gasteiger partial charge in [-0.25, -0.2) is 9.13 Å². The minimum absolute atomic E-state index is 0.106. The van der Waals surface area contributed by atoms with Gasteiger partial charge in [-0.3, -0.25) is 37.3 Å². The summed E-state index contributed by atoms with van der Waals surface area (Å²) >= 11 is 0. The zero-order valence-corrected chi connectivity index (χ0v) is 66.2. The summed E-state index contributed by atoms with van der Waals surface area (Å²) in [6.45, 7) is 14.3. The van der Waals surface area contributed by atoms with Gasteiger partial charge < -0.3 is 33.8 Å². The predicted molar refractivity (Wildman–Crippen MR) is 400 cm³/mol. The first kappa shape index (κ1) is 96.1. The number of phosphoric acid groups is 2. The van der Waals surface area contributed by atoms with Crippen molar-refractivity contribution < 1.29 is 80.2 Å². The fraction of sp³-hybridized carbons (Fsp3) is 0.949. The van der Waals surface area contributed by atoms with Gasteiger partial charge in [-0.1, -0.05) is 351 Å². The maximum absolute atomic E-state index is 13.1.